The SMILES string of the molecule is CCC1CN(CC2CC2)c2ccccc2CN1. The van der Waals surface area contributed by atoms with Crippen LogP contribution in [0.15, 0.2) is 24.3 Å². The lowest BCUT2D eigenvalue weighted by Crippen LogP contribution is -2.38. The van der Waals surface area contributed by atoms with Gasteiger partial charge in [-0.3, -0.25) is 0 Å². The van der Waals surface area contributed by atoms with Crippen molar-refractivity contribution >= 4 is 5.69 Å². The highest BCUT2D eigenvalue weighted by atomic mass is 15.2. The molecular weight excluding hydrogens is 208 g/mol. The van der Waals surface area contributed by atoms with Gasteiger partial charge in [-0.2, -0.15) is 0 Å². The van der Waals surface area contributed by atoms with Crippen LogP contribution in [-0.4, -0.2) is 19.1 Å². The second-order valence-electron chi connectivity index (χ2n) is 5.46. The normalized spacial score (nSPS) is 24.3. The maximum atomic E-state index is 3.67. The average molecular weight is 230 g/mol. The Morgan fingerprint density at radius 2 is 2.12 bits per heavy atom. The van der Waals surface area contributed by atoms with Gasteiger partial charge in [-0.25, -0.2) is 0 Å². The maximum Gasteiger partial charge on any atom is 0.0412 e. The average Bonchev–Trinajstić information content (AvgIpc) is 3.18. The summed E-state index contributed by atoms with van der Waals surface area (Å²) in [6, 6.07) is 9.52. The highest BCUT2D eigenvalue weighted by Crippen LogP contribution is 2.33. The second-order valence-corrected chi connectivity index (χ2v) is 5.46. The Morgan fingerprint density at radius 1 is 1.29 bits per heavy atom. The van der Waals surface area contributed by atoms with E-state index in [0.717, 1.165) is 12.5 Å². The maximum absolute atomic E-state index is 3.67. The highest BCUT2D eigenvalue weighted by molar-refractivity contribution is 5.54. The van der Waals surface area contributed by atoms with Gasteiger partial charge >= 0.3 is 0 Å². The van der Waals surface area contributed by atoms with Crippen molar-refractivity contribution in [1.29, 1.82) is 0 Å². The van der Waals surface area contributed by atoms with E-state index in [9.17, 15) is 0 Å². The first-order chi connectivity index (χ1) is 8.36. The number of rotatable bonds is 3. The van der Waals surface area contributed by atoms with Gasteiger partial charge in [0.2, 0.25) is 0 Å². The number of nitrogens with zero attached hydrogens (tertiary/aromatic N) is 1. The fraction of sp³-hybridized carbons (Fsp3) is 0.600. The van der Waals surface area contributed by atoms with Crippen molar-refractivity contribution in [2.75, 3.05) is 18.0 Å². The standard InChI is InChI=1S/C15H22N2/c1-2-14-11-17(10-12-7-8-12)15-6-4-3-5-13(15)9-16-14/h3-6,12,14,16H,2,7-11H2,1H3. The monoisotopic (exact) mass is 230 g/mol. The molecule has 2 heteroatoms. The zero-order chi connectivity index (χ0) is 11.7. The Kier molecular flexibility index (Phi) is 3.06. The highest BCUT2D eigenvalue weighted by Gasteiger charge is 2.27. The van der Waals surface area contributed by atoms with E-state index in [-0.39, 0.29) is 0 Å². The Hall–Kier alpha value is -1.02. The summed E-state index contributed by atoms with van der Waals surface area (Å²) in [6.45, 7) is 5.73. The predicted octanol–water partition coefficient (Wildman–Crippen LogP) is 2.78. The summed E-state index contributed by atoms with van der Waals surface area (Å²) < 4.78 is 0. The van der Waals surface area contributed by atoms with Gasteiger partial charge in [-0.05, 0) is 36.8 Å². The van der Waals surface area contributed by atoms with E-state index in [2.05, 4.69) is 41.4 Å². The number of hydrogen-bond donors (Lipinski definition) is 1. The number of nitrogens with one attached hydrogen (secondary N) is 1. The molecule has 92 valence electrons. The molecule has 1 aromatic rings. The number of benzene rings is 1. The molecule has 0 amide bonds. The molecule has 0 aromatic heterocycles. The molecule has 1 fully saturated rings. The Bertz CT molecular complexity index is 384. The molecular formula is C15H22N2. The fourth-order valence-electron chi connectivity index (χ4n) is 2.71. The van der Waals surface area contributed by atoms with E-state index in [1.165, 1.54) is 43.6 Å². The number of anilines is 1. The Balaban J connectivity index is 1.85. The first-order valence-corrected chi connectivity index (χ1v) is 6.93. The van der Waals surface area contributed by atoms with Crippen molar-refractivity contribution in [3.05, 3.63) is 29.8 Å². The minimum Gasteiger partial charge on any atom is -0.369 e. The van der Waals surface area contributed by atoms with Crippen LogP contribution in [0, 0.1) is 5.92 Å². The lowest BCUT2D eigenvalue weighted by molar-refractivity contribution is 0.499. The summed E-state index contributed by atoms with van der Waals surface area (Å²) in [5.74, 6) is 0.957. The van der Waals surface area contributed by atoms with E-state index >= 15 is 0 Å². The quantitative estimate of drug-likeness (QED) is 0.859. The van der Waals surface area contributed by atoms with Gasteiger partial charge in [-0.1, -0.05) is 25.1 Å². The minimum absolute atomic E-state index is 0.640. The van der Waals surface area contributed by atoms with Gasteiger partial charge in [0.05, 0.1) is 0 Å². The largest absolute Gasteiger partial charge is 0.369 e. The van der Waals surface area contributed by atoms with Crippen LogP contribution in [0.5, 0.6) is 0 Å². The molecule has 17 heavy (non-hydrogen) atoms. The van der Waals surface area contributed by atoms with Gasteiger partial charge < -0.3 is 10.2 Å². The van der Waals surface area contributed by atoms with Crippen LogP contribution < -0.4 is 10.2 Å². The van der Waals surface area contributed by atoms with Crippen molar-refractivity contribution < 1.29 is 0 Å². The molecule has 2 nitrogen and oxygen atoms in total. The predicted molar refractivity (Wildman–Crippen MR) is 72.3 cm³/mol. The van der Waals surface area contributed by atoms with Gasteiger partial charge in [0.25, 0.3) is 0 Å². The van der Waals surface area contributed by atoms with Gasteiger partial charge in [0, 0.05) is 31.4 Å². The van der Waals surface area contributed by atoms with Crippen molar-refractivity contribution in [2.24, 2.45) is 5.92 Å². The first kappa shape index (κ1) is 11.1. The van der Waals surface area contributed by atoms with Gasteiger partial charge in [0.15, 0.2) is 0 Å². The molecule has 1 N–H and O–H groups in total. The molecule has 0 bridgehead atoms. The molecule has 0 radical (unpaired) electrons. The minimum atomic E-state index is 0.640. The fourth-order valence-corrected chi connectivity index (χ4v) is 2.71. The molecule has 1 aromatic carbocycles. The second kappa shape index (κ2) is 4.69. The van der Waals surface area contributed by atoms with Crippen LogP contribution in [0.25, 0.3) is 0 Å². The summed E-state index contributed by atoms with van der Waals surface area (Å²) in [7, 11) is 0. The van der Waals surface area contributed by atoms with Crippen LogP contribution in [-0.2, 0) is 6.54 Å². The van der Waals surface area contributed by atoms with Crippen LogP contribution >= 0.6 is 0 Å². The Morgan fingerprint density at radius 3 is 2.88 bits per heavy atom. The van der Waals surface area contributed by atoms with Crippen LogP contribution in [0.2, 0.25) is 0 Å². The zero-order valence-electron chi connectivity index (χ0n) is 10.7. The van der Waals surface area contributed by atoms with Crippen LogP contribution in [0.1, 0.15) is 31.7 Å². The summed E-state index contributed by atoms with van der Waals surface area (Å²) in [5, 5.41) is 3.67. The topological polar surface area (TPSA) is 15.3 Å². The lowest BCUT2D eigenvalue weighted by atomic mass is 10.1. The third-order valence-electron chi connectivity index (χ3n) is 4.02. The summed E-state index contributed by atoms with van der Waals surface area (Å²) in [5.41, 5.74) is 2.92. The number of hydrogen-bond acceptors (Lipinski definition) is 2. The van der Waals surface area contributed by atoms with Crippen molar-refractivity contribution in [3.8, 4) is 0 Å². The summed E-state index contributed by atoms with van der Waals surface area (Å²) in [4.78, 5) is 2.61. The molecule has 0 saturated heterocycles. The molecule has 1 atom stereocenters. The van der Waals surface area contributed by atoms with Crippen molar-refractivity contribution in [1.82, 2.24) is 5.32 Å². The molecule has 1 unspecified atom stereocenters. The zero-order valence-corrected chi connectivity index (χ0v) is 10.7. The molecule has 1 heterocycles. The molecule has 3 rings (SSSR count). The Labute approximate surface area is 104 Å². The van der Waals surface area contributed by atoms with Crippen LogP contribution in [0.3, 0.4) is 0 Å². The lowest BCUT2D eigenvalue weighted by Gasteiger charge is -2.27. The molecule has 2 aliphatic rings. The van der Waals surface area contributed by atoms with Crippen molar-refractivity contribution in [3.63, 3.8) is 0 Å². The summed E-state index contributed by atoms with van der Waals surface area (Å²) >= 11 is 0. The van der Waals surface area contributed by atoms with Gasteiger partial charge in [-0.15, -0.1) is 0 Å². The molecule has 1 aliphatic carbocycles. The van der Waals surface area contributed by atoms with Gasteiger partial charge in [0.1, 0.15) is 0 Å². The van der Waals surface area contributed by atoms with Crippen molar-refractivity contribution in [2.45, 2.75) is 38.8 Å². The van der Waals surface area contributed by atoms with E-state index in [1.54, 1.807) is 0 Å². The van der Waals surface area contributed by atoms with E-state index < -0.39 is 0 Å². The van der Waals surface area contributed by atoms with E-state index in [4.69, 9.17) is 0 Å². The van der Waals surface area contributed by atoms with Crippen LogP contribution in [0.4, 0.5) is 5.69 Å². The van der Waals surface area contributed by atoms with E-state index in [0.29, 0.717) is 6.04 Å². The molecule has 1 saturated carbocycles. The number of para-hydroxylation sites is 1. The van der Waals surface area contributed by atoms with E-state index in [1.807, 2.05) is 0 Å². The summed E-state index contributed by atoms with van der Waals surface area (Å²) in [6.07, 6.45) is 4.08. The first-order valence-electron chi connectivity index (χ1n) is 6.93. The number of fused-ring (bicyclic) bond motifs is 1. The third-order valence-corrected chi connectivity index (χ3v) is 4.02. The molecule has 0 spiro atoms. The molecule has 1 aliphatic heterocycles. The third kappa shape index (κ3) is 2.47. The smallest absolute Gasteiger partial charge is 0.0412 e.